The van der Waals surface area contributed by atoms with E-state index < -0.39 is 0 Å². The van der Waals surface area contributed by atoms with E-state index in [9.17, 15) is 14.0 Å². The third-order valence-corrected chi connectivity index (χ3v) is 6.21. The fourth-order valence-electron chi connectivity index (χ4n) is 3.68. The van der Waals surface area contributed by atoms with Crippen LogP contribution in [0.5, 0.6) is 0 Å². The van der Waals surface area contributed by atoms with Gasteiger partial charge in [0.15, 0.2) is 0 Å². The number of nitrogens with zero attached hydrogens (tertiary/aromatic N) is 2. The molecule has 10 heteroatoms. The van der Waals surface area contributed by atoms with Gasteiger partial charge in [-0.25, -0.2) is 9.18 Å². The van der Waals surface area contributed by atoms with Gasteiger partial charge in [-0.15, -0.1) is 0 Å². The monoisotopic (exact) mass is 515 g/mol. The van der Waals surface area contributed by atoms with E-state index in [0.717, 1.165) is 5.69 Å². The summed E-state index contributed by atoms with van der Waals surface area (Å²) in [6.07, 6.45) is 0. The minimum Gasteiger partial charge on any atom is -0.376 e. The molecular weight excluding hydrogens is 492 g/mol. The maximum Gasteiger partial charge on any atom is 0.322 e. The lowest BCUT2D eigenvalue weighted by Crippen LogP contribution is -2.50. The van der Waals surface area contributed by atoms with Crippen molar-refractivity contribution in [2.45, 2.75) is 0 Å². The molecule has 3 aromatic carbocycles. The molecule has 1 heterocycles. The van der Waals surface area contributed by atoms with Crippen LogP contribution in [0.15, 0.2) is 66.7 Å². The molecule has 1 fully saturated rings. The van der Waals surface area contributed by atoms with Crippen molar-refractivity contribution in [1.29, 1.82) is 0 Å². The van der Waals surface area contributed by atoms with Crippen LogP contribution < -0.4 is 20.9 Å². The molecule has 1 aliphatic heterocycles. The first-order valence-electron chi connectivity index (χ1n) is 11.0. The molecule has 1 aliphatic rings. The largest absolute Gasteiger partial charge is 0.376 e. The molecule has 0 saturated carbocycles. The lowest BCUT2D eigenvalue weighted by molar-refractivity contribution is -0.114. The van der Waals surface area contributed by atoms with E-state index in [1.807, 2.05) is 24.3 Å². The predicted molar refractivity (Wildman–Crippen MR) is 139 cm³/mol. The average Bonchev–Trinajstić information content (AvgIpc) is 2.86. The van der Waals surface area contributed by atoms with Crippen molar-refractivity contribution < 1.29 is 14.0 Å². The Balaban J connectivity index is 1.24. The molecule has 7 nitrogen and oxygen atoms in total. The van der Waals surface area contributed by atoms with Gasteiger partial charge < -0.3 is 25.8 Å². The highest BCUT2D eigenvalue weighted by molar-refractivity contribution is 6.39. The fraction of sp³-hybridized carbons (Fsp3) is 0.200. The second-order valence-electron chi connectivity index (χ2n) is 7.96. The van der Waals surface area contributed by atoms with E-state index >= 15 is 0 Å². The summed E-state index contributed by atoms with van der Waals surface area (Å²) >= 11 is 12.3. The molecule has 0 bridgehead atoms. The molecule has 1 saturated heterocycles. The van der Waals surface area contributed by atoms with E-state index in [2.05, 4.69) is 20.9 Å². The van der Waals surface area contributed by atoms with Crippen molar-refractivity contribution in [1.82, 2.24) is 4.90 Å². The Morgan fingerprint density at radius 3 is 2.03 bits per heavy atom. The molecule has 182 valence electrons. The van der Waals surface area contributed by atoms with Gasteiger partial charge in [0.25, 0.3) is 0 Å². The number of piperazine rings is 1. The van der Waals surface area contributed by atoms with E-state index in [0.29, 0.717) is 53.3 Å². The molecule has 0 atom stereocenters. The fourth-order valence-corrected chi connectivity index (χ4v) is 4.17. The Hall–Kier alpha value is -3.49. The van der Waals surface area contributed by atoms with Crippen LogP contribution in [0.1, 0.15) is 0 Å². The van der Waals surface area contributed by atoms with Crippen LogP contribution in [0.4, 0.5) is 31.9 Å². The Bertz CT molecular complexity index is 1160. The van der Waals surface area contributed by atoms with Crippen molar-refractivity contribution in [3.63, 3.8) is 0 Å². The molecule has 35 heavy (non-hydrogen) atoms. The number of hydrogen-bond acceptors (Lipinski definition) is 4. The molecule has 3 amide bonds. The normalized spacial score (nSPS) is 13.3. The van der Waals surface area contributed by atoms with Gasteiger partial charge in [-0.1, -0.05) is 29.3 Å². The maximum atomic E-state index is 13.0. The van der Waals surface area contributed by atoms with Gasteiger partial charge in [-0.3, -0.25) is 4.79 Å². The summed E-state index contributed by atoms with van der Waals surface area (Å²) < 4.78 is 13.0. The van der Waals surface area contributed by atoms with Gasteiger partial charge in [0.05, 0.1) is 22.3 Å². The van der Waals surface area contributed by atoms with Gasteiger partial charge in [-0.2, -0.15) is 0 Å². The Labute approximate surface area is 212 Å². The van der Waals surface area contributed by atoms with Crippen LogP contribution in [0.2, 0.25) is 10.0 Å². The first kappa shape index (κ1) is 24.6. The van der Waals surface area contributed by atoms with E-state index in [-0.39, 0.29) is 24.3 Å². The van der Waals surface area contributed by atoms with Crippen LogP contribution in [-0.4, -0.2) is 49.6 Å². The summed E-state index contributed by atoms with van der Waals surface area (Å²) in [7, 11) is 0. The predicted octanol–water partition coefficient (Wildman–Crippen LogP) is 5.54. The van der Waals surface area contributed by atoms with Crippen molar-refractivity contribution in [3.8, 4) is 0 Å². The highest BCUT2D eigenvalue weighted by Crippen LogP contribution is 2.30. The quantitative estimate of drug-likeness (QED) is 0.403. The number of para-hydroxylation sites is 1. The molecule has 0 unspecified atom stereocenters. The number of benzene rings is 3. The zero-order chi connectivity index (χ0) is 24.8. The lowest BCUT2D eigenvalue weighted by Gasteiger charge is -2.36. The van der Waals surface area contributed by atoms with Gasteiger partial charge in [0.1, 0.15) is 5.82 Å². The Kier molecular flexibility index (Phi) is 7.94. The second kappa shape index (κ2) is 11.3. The minimum atomic E-state index is -0.327. The summed E-state index contributed by atoms with van der Waals surface area (Å²) in [5.74, 6) is -0.535. The van der Waals surface area contributed by atoms with Gasteiger partial charge in [0, 0.05) is 43.2 Å². The number of urea groups is 1. The number of carbonyl (C=O) groups is 2. The summed E-state index contributed by atoms with van der Waals surface area (Å²) in [4.78, 5) is 28.7. The van der Waals surface area contributed by atoms with Crippen LogP contribution in [-0.2, 0) is 4.79 Å². The van der Waals surface area contributed by atoms with Crippen LogP contribution in [0, 0.1) is 5.82 Å². The molecule has 0 aromatic heterocycles. The van der Waals surface area contributed by atoms with Crippen LogP contribution in [0.3, 0.4) is 0 Å². The van der Waals surface area contributed by atoms with E-state index in [1.54, 1.807) is 35.2 Å². The van der Waals surface area contributed by atoms with Crippen molar-refractivity contribution >= 4 is 57.9 Å². The molecular formula is C25H24Cl2FN5O2. The number of amides is 3. The van der Waals surface area contributed by atoms with Gasteiger partial charge in [-0.05, 0) is 60.7 Å². The van der Waals surface area contributed by atoms with Crippen molar-refractivity contribution in [2.24, 2.45) is 0 Å². The summed E-state index contributed by atoms with van der Waals surface area (Å²) in [5, 5.41) is 9.36. The molecule has 4 rings (SSSR count). The number of nitrogens with one attached hydrogen (secondary N) is 3. The SMILES string of the molecule is O=C(CNc1ccc(F)cc1)Nc1ccc(N2CCN(C(=O)Nc3c(Cl)cccc3Cl)CC2)cc1. The van der Waals surface area contributed by atoms with Crippen molar-refractivity contribution in [3.05, 3.63) is 82.6 Å². The van der Waals surface area contributed by atoms with Crippen LogP contribution >= 0.6 is 23.2 Å². The Morgan fingerprint density at radius 1 is 0.800 bits per heavy atom. The van der Waals surface area contributed by atoms with E-state index in [4.69, 9.17) is 23.2 Å². The zero-order valence-corrected chi connectivity index (χ0v) is 20.2. The molecule has 0 spiro atoms. The first-order chi connectivity index (χ1) is 16.9. The number of hydrogen-bond donors (Lipinski definition) is 3. The lowest BCUT2D eigenvalue weighted by atomic mass is 10.2. The second-order valence-corrected chi connectivity index (χ2v) is 8.77. The van der Waals surface area contributed by atoms with Gasteiger partial charge >= 0.3 is 6.03 Å². The number of anilines is 4. The topological polar surface area (TPSA) is 76.7 Å². The summed E-state index contributed by atoms with van der Waals surface area (Å²) in [5.41, 5.74) is 2.75. The standard InChI is InChI=1S/C25H24Cl2FN5O2/c26-21-2-1-3-22(27)24(21)31-25(35)33-14-12-32(13-15-33)20-10-8-19(9-11-20)30-23(34)16-29-18-6-4-17(28)5-7-18/h1-11,29H,12-16H2,(H,30,34)(H,31,35). The van der Waals surface area contributed by atoms with Crippen molar-refractivity contribution in [2.75, 3.05) is 53.6 Å². The highest BCUT2D eigenvalue weighted by Gasteiger charge is 2.22. The Morgan fingerprint density at radius 2 is 1.40 bits per heavy atom. The number of rotatable bonds is 6. The molecule has 3 aromatic rings. The molecule has 0 radical (unpaired) electrons. The van der Waals surface area contributed by atoms with Crippen LogP contribution in [0.25, 0.3) is 0 Å². The highest BCUT2D eigenvalue weighted by atomic mass is 35.5. The third kappa shape index (κ3) is 6.55. The summed E-state index contributed by atoms with van der Waals surface area (Å²) in [6, 6.07) is 18.2. The molecule has 0 aliphatic carbocycles. The first-order valence-corrected chi connectivity index (χ1v) is 11.8. The number of halogens is 3. The average molecular weight is 516 g/mol. The number of carbonyl (C=O) groups excluding carboxylic acids is 2. The summed E-state index contributed by atoms with van der Waals surface area (Å²) in [6.45, 7) is 2.48. The smallest absolute Gasteiger partial charge is 0.322 e. The zero-order valence-electron chi connectivity index (χ0n) is 18.7. The van der Waals surface area contributed by atoms with Gasteiger partial charge in [0.2, 0.25) is 5.91 Å². The van der Waals surface area contributed by atoms with E-state index in [1.165, 1.54) is 12.1 Å². The molecule has 3 N–H and O–H groups in total. The maximum absolute atomic E-state index is 13.0. The third-order valence-electron chi connectivity index (χ3n) is 5.58. The minimum absolute atomic E-state index is 0.0663.